The third-order valence-corrected chi connectivity index (χ3v) is 4.76. The maximum atomic E-state index is 5.84. The molecule has 0 aromatic carbocycles. The molecule has 2 fully saturated rings. The molecule has 0 aromatic rings. The fourth-order valence-electron chi connectivity index (χ4n) is 3.99. The molecule has 0 bridgehead atoms. The van der Waals surface area contributed by atoms with Crippen molar-refractivity contribution in [2.75, 3.05) is 39.3 Å². The predicted octanol–water partition coefficient (Wildman–Crippen LogP) is 2.66. The van der Waals surface area contributed by atoms with Gasteiger partial charge in [-0.15, -0.1) is 0 Å². The van der Waals surface area contributed by atoms with Gasteiger partial charge in [0.1, 0.15) is 0 Å². The first kappa shape index (κ1) is 15.3. The number of likely N-dealkylation sites (tertiary alicyclic amines) is 1. The molecule has 2 heterocycles. The average Bonchev–Trinajstić information content (AvgIpc) is 2.41. The Labute approximate surface area is 119 Å². The average molecular weight is 268 g/mol. The molecule has 0 saturated carbocycles. The first-order chi connectivity index (χ1) is 9.28. The summed E-state index contributed by atoms with van der Waals surface area (Å²) in [5.74, 6) is 0. The summed E-state index contributed by atoms with van der Waals surface area (Å²) in [6, 6.07) is 0. The van der Waals surface area contributed by atoms with Crippen molar-refractivity contribution in [1.82, 2.24) is 10.2 Å². The van der Waals surface area contributed by atoms with Gasteiger partial charge in [-0.05, 0) is 57.5 Å². The van der Waals surface area contributed by atoms with Crippen LogP contribution in [-0.2, 0) is 4.74 Å². The molecule has 0 amide bonds. The lowest BCUT2D eigenvalue weighted by molar-refractivity contribution is -0.0113. The van der Waals surface area contributed by atoms with Gasteiger partial charge in [0.05, 0.1) is 6.10 Å². The summed E-state index contributed by atoms with van der Waals surface area (Å²) in [7, 11) is 0. The van der Waals surface area contributed by atoms with Gasteiger partial charge in [-0.25, -0.2) is 0 Å². The second-order valence-corrected chi connectivity index (χ2v) is 6.49. The smallest absolute Gasteiger partial charge is 0.0702 e. The molecular formula is C16H32N2O. The second-order valence-electron chi connectivity index (χ2n) is 6.49. The van der Waals surface area contributed by atoms with Crippen LogP contribution in [0.25, 0.3) is 0 Å². The second kappa shape index (κ2) is 7.61. The van der Waals surface area contributed by atoms with Crippen molar-refractivity contribution in [3.63, 3.8) is 0 Å². The summed E-state index contributed by atoms with van der Waals surface area (Å²) in [4.78, 5) is 2.67. The van der Waals surface area contributed by atoms with Crippen LogP contribution >= 0.6 is 0 Å². The number of ether oxygens (including phenoxy) is 1. The van der Waals surface area contributed by atoms with Crippen molar-refractivity contribution < 1.29 is 4.74 Å². The molecule has 0 radical (unpaired) electrons. The Morgan fingerprint density at radius 3 is 2.89 bits per heavy atom. The lowest BCUT2D eigenvalue weighted by atomic mass is 9.76. The van der Waals surface area contributed by atoms with Crippen LogP contribution in [0.3, 0.4) is 0 Å². The topological polar surface area (TPSA) is 24.5 Å². The number of piperidine rings is 2. The van der Waals surface area contributed by atoms with Crippen molar-refractivity contribution >= 4 is 0 Å². The zero-order valence-corrected chi connectivity index (χ0v) is 12.9. The number of nitrogens with zero attached hydrogens (tertiary/aromatic N) is 1. The molecule has 0 aromatic heterocycles. The molecule has 112 valence electrons. The third-order valence-electron chi connectivity index (χ3n) is 4.76. The van der Waals surface area contributed by atoms with Gasteiger partial charge in [-0.2, -0.15) is 0 Å². The Hall–Kier alpha value is -0.120. The maximum absolute atomic E-state index is 5.84. The highest BCUT2D eigenvalue weighted by molar-refractivity contribution is 4.89. The lowest BCUT2D eigenvalue weighted by Crippen LogP contribution is -2.50. The summed E-state index contributed by atoms with van der Waals surface area (Å²) in [6.07, 6.45) is 8.48. The van der Waals surface area contributed by atoms with Crippen molar-refractivity contribution in [1.29, 1.82) is 0 Å². The Morgan fingerprint density at radius 2 is 2.21 bits per heavy atom. The van der Waals surface area contributed by atoms with E-state index in [9.17, 15) is 0 Å². The van der Waals surface area contributed by atoms with E-state index in [0.717, 1.165) is 13.2 Å². The fourth-order valence-corrected chi connectivity index (χ4v) is 3.99. The molecule has 3 nitrogen and oxygen atoms in total. The lowest BCUT2D eigenvalue weighted by Gasteiger charge is -2.43. The van der Waals surface area contributed by atoms with Gasteiger partial charge in [0.25, 0.3) is 0 Å². The predicted molar refractivity (Wildman–Crippen MR) is 80.5 cm³/mol. The van der Waals surface area contributed by atoms with Gasteiger partial charge in [-0.1, -0.05) is 13.3 Å². The van der Waals surface area contributed by atoms with E-state index in [-0.39, 0.29) is 0 Å². The number of hydrogen-bond donors (Lipinski definition) is 1. The first-order valence-electron chi connectivity index (χ1n) is 8.33. The van der Waals surface area contributed by atoms with Crippen LogP contribution in [0.1, 0.15) is 52.4 Å². The number of nitrogens with one attached hydrogen (secondary N) is 1. The first-order valence-corrected chi connectivity index (χ1v) is 8.33. The van der Waals surface area contributed by atoms with E-state index in [4.69, 9.17) is 4.74 Å². The highest BCUT2D eigenvalue weighted by Gasteiger charge is 2.34. The van der Waals surface area contributed by atoms with E-state index < -0.39 is 0 Å². The van der Waals surface area contributed by atoms with Crippen molar-refractivity contribution in [3.8, 4) is 0 Å². The van der Waals surface area contributed by atoms with Gasteiger partial charge in [0.2, 0.25) is 0 Å². The molecule has 0 spiro atoms. The fraction of sp³-hybridized carbons (Fsp3) is 1.00. The van der Waals surface area contributed by atoms with E-state index in [0.29, 0.717) is 11.5 Å². The Kier molecular flexibility index (Phi) is 6.11. The zero-order chi connectivity index (χ0) is 13.6. The Bertz CT molecular complexity index is 244. The van der Waals surface area contributed by atoms with Gasteiger partial charge >= 0.3 is 0 Å². The molecule has 3 heteroatoms. The third kappa shape index (κ3) is 4.44. The van der Waals surface area contributed by atoms with E-state index in [1.807, 2.05) is 0 Å². The van der Waals surface area contributed by atoms with Crippen LogP contribution in [0, 0.1) is 5.41 Å². The minimum Gasteiger partial charge on any atom is -0.377 e. The summed E-state index contributed by atoms with van der Waals surface area (Å²) in [5, 5.41) is 3.63. The molecular weight excluding hydrogens is 236 g/mol. The monoisotopic (exact) mass is 268 g/mol. The normalized spacial score (nSPS) is 33.5. The Morgan fingerprint density at radius 1 is 1.32 bits per heavy atom. The maximum Gasteiger partial charge on any atom is 0.0702 e. The van der Waals surface area contributed by atoms with Crippen LogP contribution in [-0.4, -0.2) is 50.3 Å². The molecule has 2 aliphatic rings. The SMILES string of the molecule is CCCC1(CN2CCCC(OCC)C2)CCCNC1. The van der Waals surface area contributed by atoms with Crippen LogP contribution in [0.2, 0.25) is 0 Å². The quantitative estimate of drug-likeness (QED) is 0.801. The molecule has 2 saturated heterocycles. The summed E-state index contributed by atoms with van der Waals surface area (Å²) in [6.45, 7) is 11.4. The molecule has 19 heavy (non-hydrogen) atoms. The molecule has 2 unspecified atom stereocenters. The van der Waals surface area contributed by atoms with E-state index in [1.165, 1.54) is 64.7 Å². The zero-order valence-electron chi connectivity index (χ0n) is 12.9. The standard InChI is InChI=1S/C16H32N2O/c1-3-8-16(9-6-10-17-13-16)14-18-11-5-7-15(12-18)19-4-2/h15,17H,3-14H2,1-2H3. The molecule has 2 rings (SSSR count). The summed E-state index contributed by atoms with van der Waals surface area (Å²) in [5.41, 5.74) is 0.529. The van der Waals surface area contributed by atoms with Crippen molar-refractivity contribution in [2.24, 2.45) is 5.41 Å². The van der Waals surface area contributed by atoms with Crippen LogP contribution in [0.5, 0.6) is 0 Å². The minimum atomic E-state index is 0.481. The number of hydrogen-bond acceptors (Lipinski definition) is 3. The summed E-state index contributed by atoms with van der Waals surface area (Å²) >= 11 is 0. The molecule has 2 aliphatic heterocycles. The van der Waals surface area contributed by atoms with Crippen molar-refractivity contribution in [3.05, 3.63) is 0 Å². The van der Waals surface area contributed by atoms with Crippen LogP contribution in [0.4, 0.5) is 0 Å². The van der Waals surface area contributed by atoms with E-state index in [1.54, 1.807) is 0 Å². The van der Waals surface area contributed by atoms with Crippen molar-refractivity contribution in [2.45, 2.75) is 58.5 Å². The van der Waals surface area contributed by atoms with E-state index in [2.05, 4.69) is 24.1 Å². The molecule has 2 atom stereocenters. The van der Waals surface area contributed by atoms with Crippen LogP contribution in [0.15, 0.2) is 0 Å². The molecule has 0 aliphatic carbocycles. The molecule has 1 N–H and O–H groups in total. The van der Waals surface area contributed by atoms with Gasteiger partial charge < -0.3 is 15.0 Å². The van der Waals surface area contributed by atoms with Gasteiger partial charge in [0.15, 0.2) is 0 Å². The highest BCUT2D eigenvalue weighted by atomic mass is 16.5. The van der Waals surface area contributed by atoms with Gasteiger partial charge in [-0.3, -0.25) is 0 Å². The summed E-state index contributed by atoms with van der Waals surface area (Å²) < 4.78 is 5.84. The minimum absolute atomic E-state index is 0.481. The van der Waals surface area contributed by atoms with Crippen LogP contribution < -0.4 is 5.32 Å². The number of rotatable bonds is 6. The van der Waals surface area contributed by atoms with Gasteiger partial charge in [0, 0.05) is 26.2 Å². The largest absolute Gasteiger partial charge is 0.377 e. The highest BCUT2D eigenvalue weighted by Crippen LogP contribution is 2.33. The Balaban J connectivity index is 1.88. The van der Waals surface area contributed by atoms with E-state index >= 15 is 0 Å².